The van der Waals surface area contributed by atoms with Gasteiger partial charge >= 0.3 is 0 Å². The SMILES string of the molecule is CC[C@H]1c2ccsc2CCN1Cn1nc(C)n(Cc2ccccc2)c1=S. The smallest absolute Gasteiger partial charge is 0.199 e. The molecule has 1 aromatic carbocycles. The lowest BCUT2D eigenvalue weighted by molar-refractivity contribution is 0.129. The molecular formula is C20H24N4S2. The highest BCUT2D eigenvalue weighted by atomic mass is 32.1. The molecule has 1 atom stereocenters. The number of aryl methyl sites for hydroxylation is 1. The fourth-order valence-corrected chi connectivity index (χ4v) is 5.08. The monoisotopic (exact) mass is 384 g/mol. The van der Waals surface area contributed by atoms with Crippen LogP contribution in [0.2, 0.25) is 0 Å². The summed E-state index contributed by atoms with van der Waals surface area (Å²) in [4.78, 5) is 4.06. The summed E-state index contributed by atoms with van der Waals surface area (Å²) in [6, 6.07) is 13.2. The minimum atomic E-state index is 0.464. The summed E-state index contributed by atoms with van der Waals surface area (Å²) in [7, 11) is 0. The second-order valence-electron chi connectivity index (χ2n) is 6.83. The molecule has 3 aromatic rings. The molecule has 0 amide bonds. The Morgan fingerprint density at radius 1 is 1.23 bits per heavy atom. The van der Waals surface area contributed by atoms with Gasteiger partial charge in [-0.3, -0.25) is 9.47 Å². The largest absolute Gasteiger partial charge is 0.300 e. The minimum absolute atomic E-state index is 0.464. The zero-order chi connectivity index (χ0) is 18.1. The quantitative estimate of drug-likeness (QED) is 0.591. The van der Waals surface area contributed by atoms with Crippen molar-refractivity contribution >= 4 is 23.6 Å². The van der Waals surface area contributed by atoms with E-state index in [1.807, 2.05) is 29.0 Å². The van der Waals surface area contributed by atoms with Crippen LogP contribution in [0.15, 0.2) is 41.8 Å². The van der Waals surface area contributed by atoms with Crippen molar-refractivity contribution in [1.29, 1.82) is 0 Å². The first-order valence-corrected chi connectivity index (χ1v) is 10.4. The predicted molar refractivity (Wildman–Crippen MR) is 109 cm³/mol. The van der Waals surface area contributed by atoms with E-state index in [0.29, 0.717) is 6.04 Å². The van der Waals surface area contributed by atoms with Crippen molar-refractivity contribution in [3.05, 3.63) is 68.4 Å². The molecule has 3 heterocycles. The van der Waals surface area contributed by atoms with Crippen LogP contribution in [0.5, 0.6) is 0 Å². The van der Waals surface area contributed by atoms with Crippen molar-refractivity contribution in [3.63, 3.8) is 0 Å². The molecule has 4 nitrogen and oxygen atoms in total. The summed E-state index contributed by atoms with van der Waals surface area (Å²) in [6.07, 6.45) is 2.24. The van der Waals surface area contributed by atoms with E-state index >= 15 is 0 Å². The fourth-order valence-electron chi connectivity index (χ4n) is 3.86. The van der Waals surface area contributed by atoms with Crippen molar-refractivity contribution < 1.29 is 0 Å². The van der Waals surface area contributed by atoms with Crippen LogP contribution in [0.3, 0.4) is 0 Å². The number of benzene rings is 1. The van der Waals surface area contributed by atoms with Crippen LogP contribution in [0, 0.1) is 11.7 Å². The Labute approximate surface area is 163 Å². The molecule has 1 aliphatic heterocycles. The summed E-state index contributed by atoms with van der Waals surface area (Å²) in [5.41, 5.74) is 2.74. The Balaban J connectivity index is 1.58. The van der Waals surface area contributed by atoms with Gasteiger partial charge in [0.2, 0.25) is 0 Å². The van der Waals surface area contributed by atoms with Crippen LogP contribution in [0.25, 0.3) is 0 Å². The normalized spacial score (nSPS) is 17.4. The van der Waals surface area contributed by atoms with Gasteiger partial charge in [0.15, 0.2) is 4.77 Å². The molecule has 0 spiro atoms. The van der Waals surface area contributed by atoms with Gasteiger partial charge in [0, 0.05) is 17.5 Å². The Hall–Kier alpha value is -1.76. The zero-order valence-corrected chi connectivity index (χ0v) is 16.9. The van der Waals surface area contributed by atoms with Crippen LogP contribution >= 0.6 is 23.6 Å². The van der Waals surface area contributed by atoms with Crippen molar-refractivity contribution in [2.24, 2.45) is 0 Å². The molecule has 0 radical (unpaired) electrons. The van der Waals surface area contributed by atoms with Crippen LogP contribution in [0.4, 0.5) is 0 Å². The van der Waals surface area contributed by atoms with E-state index in [9.17, 15) is 0 Å². The van der Waals surface area contributed by atoms with Crippen molar-refractivity contribution in [1.82, 2.24) is 19.2 Å². The molecule has 0 fully saturated rings. The van der Waals surface area contributed by atoms with E-state index in [0.717, 1.165) is 43.2 Å². The maximum Gasteiger partial charge on any atom is 0.199 e. The molecule has 136 valence electrons. The molecule has 26 heavy (non-hydrogen) atoms. The Kier molecular flexibility index (Phi) is 5.07. The van der Waals surface area contributed by atoms with E-state index in [1.165, 1.54) is 11.1 Å². The highest BCUT2D eigenvalue weighted by Gasteiger charge is 2.27. The molecule has 0 N–H and O–H groups in total. The fraction of sp³-hybridized carbons (Fsp3) is 0.400. The summed E-state index contributed by atoms with van der Waals surface area (Å²) in [5.74, 6) is 0.972. The zero-order valence-electron chi connectivity index (χ0n) is 15.3. The molecule has 6 heteroatoms. The van der Waals surface area contributed by atoms with Gasteiger partial charge in [-0.15, -0.1) is 11.3 Å². The van der Waals surface area contributed by atoms with Crippen LogP contribution in [0.1, 0.15) is 41.2 Å². The molecule has 4 rings (SSSR count). The second-order valence-corrected chi connectivity index (χ2v) is 8.19. The molecule has 0 unspecified atom stereocenters. The minimum Gasteiger partial charge on any atom is -0.300 e. The molecular weight excluding hydrogens is 360 g/mol. The summed E-state index contributed by atoms with van der Waals surface area (Å²) >= 11 is 7.65. The van der Waals surface area contributed by atoms with Gasteiger partial charge in [-0.05, 0) is 54.6 Å². The Morgan fingerprint density at radius 3 is 2.81 bits per heavy atom. The van der Waals surface area contributed by atoms with E-state index < -0.39 is 0 Å². The molecule has 1 aliphatic rings. The third-order valence-corrected chi connectivity index (χ3v) is 6.63. The number of hydrogen-bond acceptors (Lipinski definition) is 4. The van der Waals surface area contributed by atoms with Gasteiger partial charge in [-0.2, -0.15) is 5.10 Å². The standard InChI is InChI=1S/C20H24N4S2/c1-3-18-17-10-12-26-19(17)9-11-22(18)14-24-20(25)23(15(2)21-24)13-16-7-5-4-6-8-16/h4-8,10,12,18H,3,9,11,13-14H2,1-2H3/t18-/m0/s1. The third kappa shape index (κ3) is 3.29. The Bertz CT molecular complexity index is 938. The van der Waals surface area contributed by atoms with Crippen molar-refractivity contribution in [3.8, 4) is 0 Å². The maximum absolute atomic E-state index is 5.76. The van der Waals surface area contributed by atoms with Gasteiger partial charge in [0.1, 0.15) is 5.82 Å². The van der Waals surface area contributed by atoms with Gasteiger partial charge < -0.3 is 0 Å². The Morgan fingerprint density at radius 2 is 2.04 bits per heavy atom. The lowest BCUT2D eigenvalue weighted by Crippen LogP contribution is -2.36. The molecule has 2 aromatic heterocycles. The van der Waals surface area contributed by atoms with E-state index in [-0.39, 0.29) is 0 Å². The van der Waals surface area contributed by atoms with Gasteiger partial charge in [0.25, 0.3) is 0 Å². The van der Waals surface area contributed by atoms with E-state index in [4.69, 9.17) is 17.3 Å². The first-order chi connectivity index (χ1) is 12.7. The maximum atomic E-state index is 5.76. The number of aromatic nitrogens is 3. The summed E-state index contributed by atoms with van der Waals surface area (Å²) in [6.45, 7) is 6.91. The highest BCUT2D eigenvalue weighted by Crippen LogP contribution is 2.35. The van der Waals surface area contributed by atoms with Crippen LogP contribution in [-0.4, -0.2) is 25.8 Å². The van der Waals surface area contributed by atoms with Crippen molar-refractivity contribution in [2.75, 3.05) is 6.54 Å². The molecule has 0 aliphatic carbocycles. The van der Waals surface area contributed by atoms with Gasteiger partial charge in [0.05, 0.1) is 13.2 Å². The number of thiophene rings is 1. The average molecular weight is 385 g/mol. The summed E-state index contributed by atoms with van der Waals surface area (Å²) < 4.78 is 4.93. The average Bonchev–Trinajstić information content (AvgIpc) is 3.23. The number of rotatable bonds is 5. The first-order valence-electron chi connectivity index (χ1n) is 9.16. The molecule has 0 saturated heterocycles. The van der Waals surface area contributed by atoms with Crippen LogP contribution in [-0.2, 0) is 19.6 Å². The second kappa shape index (κ2) is 7.47. The summed E-state index contributed by atoms with van der Waals surface area (Å²) in [5, 5.41) is 6.97. The lowest BCUT2D eigenvalue weighted by Gasteiger charge is -2.35. The topological polar surface area (TPSA) is 26.0 Å². The number of fused-ring (bicyclic) bond motifs is 1. The van der Waals surface area contributed by atoms with Gasteiger partial charge in [-0.1, -0.05) is 37.3 Å². The highest BCUT2D eigenvalue weighted by molar-refractivity contribution is 7.71. The molecule has 0 saturated carbocycles. The van der Waals surface area contributed by atoms with Gasteiger partial charge in [-0.25, -0.2) is 4.68 Å². The van der Waals surface area contributed by atoms with Crippen LogP contribution < -0.4 is 0 Å². The van der Waals surface area contributed by atoms with E-state index in [2.05, 4.69) is 52.1 Å². The predicted octanol–water partition coefficient (Wildman–Crippen LogP) is 4.80. The molecule has 0 bridgehead atoms. The number of hydrogen-bond donors (Lipinski definition) is 0. The first kappa shape index (κ1) is 17.6. The number of nitrogens with zero attached hydrogens (tertiary/aromatic N) is 4. The van der Waals surface area contributed by atoms with E-state index in [1.54, 1.807) is 4.88 Å². The van der Waals surface area contributed by atoms with Crippen molar-refractivity contribution in [2.45, 2.75) is 45.9 Å². The lowest BCUT2D eigenvalue weighted by atomic mass is 9.98. The third-order valence-electron chi connectivity index (χ3n) is 5.20.